The zero-order valence-corrected chi connectivity index (χ0v) is 8.46. The van der Waals surface area contributed by atoms with Crippen LogP contribution in [0.2, 0.25) is 0 Å². The van der Waals surface area contributed by atoms with Crippen LogP contribution >= 0.6 is 27.3 Å². The van der Waals surface area contributed by atoms with Gasteiger partial charge in [0.15, 0.2) is 5.78 Å². The first-order valence-corrected chi connectivity index (χ1v) is 4.69. The summed E-state index contributed by atoms with van der Waals surface area (Å²) in [6.07, 6.45) is 1.33. The second-order valence-corrected chi connectivity index (χ2v) is 4.72. The van der Waals surface area contributed by atoms with Gasteiger partial charge in [0.1, 0.15) is 0 Å². The Morgan fingerprint density at radius 3 is 2.82 bits per heavy atom. The maximum atomic E-state index is 11.1. The molecule has 0 spiro atoms. The fraction of sp³-hybridized carbons (Fsp3) is 0.125. The monoisotopic (exact) mass is 230 g/mol. The molecule has 0 saturated heterocycles. The summed E-state index contributed by atoms with van der Waals surface area (Å²) in [5, 5.41) is 0. The van der Waals surface area contributed by atoms with Crippen LogP contribution in [0.4, 0.5) is 0 Å². The van der Waals surface area contributed by atoms with E-state index < -0.39 is 0 Å². The molecule has 1 rings (SSSR count). The van der Waals surface area contributed by atoms with Crippen LogP contribution in [0.3, 0.4) is 0 Å². The molecule has 58 valence electrons. The van der Waals surface area contributed by atoms with Gasteiger partial charge in [0.2, 0.25) is 0 Å². The predicted molar refractivity (Wildman–Crippen MR) is 51.3 cm³/mol. The third kappa shape index (κ3) is 1.79. The molecule has 0 aromatic carbocycles. The number of carbonyl (C=O) groups excluding carboxylic acids is 1. The maximum absolute atomic E-state index is 11.1. The fourth-order valence-corrected chi connectivity index (χ4v) is 2.50. The van der Waals surface area contributed by atoms with E-state index in [2.05, 4.69) is 22.5 Å². The molecule has 0 saturated carbocycles. The largest absolute Gasteiger partial charge is 0.289 e. The van der Waals surface area contributed by atoms with Crippen molar-refractivity contribution in [2.24, 2.45) is 0 Å². The Morgan fingerprint density at radius 1 is 1.82 bits per heavy atom. The summed E-state index contributed by atoms with van der Waals surface area (Å²) in [7, 11) is 0. The highest BCUT2D eigenvalue weighted by Crippen LogP contribution is 2.26. The Kier molecular flexibility index (Phi) is 2.62. The van der Waals surface area contributed by atoms with E-state index in [-0.39, 0.29) is 5.78 Å². The van der Waals surface area contributed by atoms with Crippen LogP contribution in [-0.4, -0.2) is 5.78 Å². The highest BCUT2D eigenvalue weighted by molar-refractivity contribution is 9.11. The Hall–Kier alpha value is -0.410. The Balaban J connectivity index is 3.12. The molecule has 0 N–H and O–H groups in total. The molecule has 0 amide bonds. The minimum Gasteiger partial charge on any atom is -0.289 e. The summed E-state index contributed by atoms with van der Waals surface area (Å²) in [6.45, 7) is 5.35. The van der Waals surface area contributed by atoms with Gasteiger partial charge in [-0.1, -0.05) is 6.58 Å². The molecule has 1 aromatic rings. The Labute approximate surface area is 77.9 Å². The van der Waals surface area contributed by atoms with E-state index in [1.807, 2.05) is 13.0 Å². The van der Waals surface area contributed by atoms with Crippen molar-refractivity contribution in [1.29, 1.82) is 0 Å². The van der Waals surface area contributed by atoms with Gasteiger partial charge in [0.25, 0.3) is 0 Å². The predicted octanol–water partition coefficient (Wildman–Crippen LogP) is 3.19. The summed E-state index contributed by atoms with van der Waals surface area (Å²) in [6, 6.07) is 1.82. The molecule has 0 bridgehead atoms. The Morgan fingerprint density at radius 2 is 2.45 bits per heavy atom. The van der Waals surface area contributed by atoms with Gasteiger partial charge in [-0.2, -0.15) is 0 Å². The molecular formula is C8H7BrOS. The number of aryl methyl sites for hydroxylation is 1. The highest BCUT2D eigenvalue weighted by atomic mass is 79.9. The van der Waals surface area contributed by atoms with Gasteiger partial charge >= 0.3 is 0 Å². The normalized spacial score (nSPS) is 9.64. The van der Waals surface area contributed by atoms with Gasteiger partial charge in [-0.15, -0.1) is 11.3 Å². The van der Waals surface area contributed by atoms with Crippen LogP contribution < -0.4 is 0 Å². The van der Waals surface area contributed by atoms with Crippen LogP contribution in [0.15, 0.2) is 22.5 Å². The molecule has 0 radical (unpaired) electrons. The van der Waals surface area contributed by atoms with Crippen molar-refractivity contribution in [3.63, 3.8) is 0 Å². The van der Waals surface area contributed by atoms with Crippen LogP contribution in [0.25, 0.3) is 0 Å². The van der Waals surface area contributed by atoms with Crippen LogP contribution in [0.5, 0.6) is 0 Å². The van der Waals surface area contributed by atoms with Crippen molar-refractivity contribution in [3.05, 3.63) is 32.9 Å². The summed E-state index contributed by atoms with van der Waals surface area (Å²) < 4.78 is 0.986. The lowest BCUT2D eigenvalue weighted by molar-refractivity contribution is 0.104. The van der Waals surface area contributed by atoms with Crippen molar-refractivity contribution in [1.82, 2.24) is 0 Å². The summed E-state index contributed by atoms with van der Waals surface area (Å²) in [5.74, 6) is -0.00977. The van der Waals surface area contributed by atoms with Crippen molar-refractivity contribution < 1.29 is 4.79 Å². The molecule has 0 aliphatic rings. The zero-order chi connectivity index (χ0) is 8.43. The minimum atomic E-state index is -0.00977. The van der Waals surface area contributed by atoms with Gasteiger partial charge in [0.05, 0.1) is 3.79 Å². The summed E-state index contributed by atoms with van der Waals surface area (Å²) in [4.78, 5) is 12.1. The first kappa shape index (κ1) is 8.68. The number of allylic oxidation sites excluding steroid dienone is 1. The van der Waals surface area contributed by atoms with Crippen LogP contribution in [0, 0.1) is 6.92 Å². The lowest BCUT2D eigenvalue weighted by atomic mass is 10.2. The van der Waals surface area contributed by atoms with Crippen molar-refractivity contribution in [2.75, 3.05) is 0 Å². The van der Waals surface area contributed by atoms with E-state index in [1.165, 1.54) is 6.08 Å². The minimum absolute atomic E-state index is 0.00977. The molecule has 0 aliphatic heterocycles. The van der Waals surface area contributed by atoms with E-state index in [4.69, 9.17) is 0 Å². The molecule has 0 atom stereocenters. The van der Waals surface area contributed by atoms with Crippen molar-refractivity contribution in [3.8, 4) is 0 Å². The number of thiophene rings is 1. The summed E-state index contributed by atoms with van der Waals surface area (Å²) >= 11 is 4.87. The van der Waals surface area contributed by atoms with Crippen molar-refractivity contribution >= 4 is 33.0 Å². The van der Waals surface area contributed by atoms with Gasteiger partial charge in [-0.25, -0.2) is 0 Å². The Bertz CT molecular complexity index is 301. The average Bonchev–Trinajstić information content (AvgIpc) is 2.28. The first-order valence-electron chi connectivity index (χ1n) is 3.08. The van der Waals surface area contributed by atoms with Gasteiger partial charge in [0, 0.05) is 10.4 Å². The third-order valence-corrected chi connectivity index (χ3v) is 2.89. The number of hydrogen-bond donors (Lipinski definition) is 0. The summed E-state index contributed by atoms with van der Waals surface area (Å²) in [5.41, 5.74) is 0.747. The molecule has 1 heterocycles. The maximum Gasteiger partial charge on any atom is 0.186 e. The van der Waals surface area contributed by atoms with E-state index in [0.717, 1.165) is 14.2 Å². The molecule has 3 heteroatoms. The molecule has 0 fully saturated rings. The molecule has 0 unspecified atom stereocenters. The van der Waals surface area contributed by atoms with Crippen molar-refractivity contribution in [2.45, 2.75) is 6.92 Å². The lowest BCUT2D eigenvalue weighted by Gasteiger charge is -1.89. The van der Waals surface area contributed by atoms with E-state index >= 15 is 0 Å². The standard InChI is InChI=1S/C8H7BrOS/c1-3-7(10)6-4-8(9)11-5(6)2/h3-4H,1H2,2H3. The molecule has 1 nitrogen and oxygen atoms in total. The highest BCUT2D eigenvalue weighted by Gasteiger charge is 2.08. The lowest BCUT2D eigenvalue weighted by Crippen LogP contribution is -1.91. The molecule has 1 aromatic heterocycles. The van der Waals surface area contributed by atoms with Gasteiger partial charge < -0.3 is 0 Å². The number of ketones is 1. The van der Waals surface area contributed by atoms with E-state index in [0.29, 0.717) is 0 Å². The smallest absolute Gasteiger partial charge is 0.186 e. The number of hydrogen-bond acceptors (Lipinski definition) is 2. The first-order chi connectivity index (χ1) is 5.15. The number of halogens is 1. The number of carbonyl (C=O) groups is 1. The second-order valence-electron chi connectivity index (χ2n) is 2.09. The van der Waals surface area contributed by atoms with Crippen LogP contribution in [0.1, 0.15) is 15.2 Å². The van der Waals surface area contributed by atoms with Crippen LogP contribution in [-0.2, 0) is 0 Å². The topological polar surface area (TPSA) is 17.1 Å². The SMILES string of the molecule is C=CC(=O)c1cc(Br)sc1C. The third-order valence-electron chi connectivity index (χ3n) is 1.34. The van der Waals surface area contributed by atoms with Gasteiger partial charge in [-0.05, 0) is 35.0 Å². The molecular weight excluding hydrogens is 224 g/mol. The fourth-order valence-electron chi connectivity index (χ4n) is 0.800. The quantitative estimate of drug-likeness (QED) is 0.564. The number of rotatable bonds is 2. The molecule has 11 heavy (non-hydrogen) atoms. The average molecular weight is 231 g/mol. The van der Waals surface area contributed by atoms with Gasteiger partial charge in [-0.3, -0.25) is 4.79 Å². The second kappa shape index (κ2) is 3.32. The van der Waals surface area contributed by atoms with E-state index in [9.17, 15) is 4.79 Å². The molecule has 0 aliphatic carbocycles. The van der Waals surface area contributed by atoms with E-state index in [1.54, 1.807) is 11.3 Å². The zero-order valence-electron chi connectivity index (χ0n) is 6.06.